The SMILES string of the molecule is CC(C)n1nc(C(=O)NNC(=O)c2ccc(-n3cccc3)cc2)c2ccccc2c1=O. The van der Waals surface area contributed by atoms with Gasteiger partial charge in [-0.05, 0) is 56.3 Å². The average Bonchev–Trinajstić information content (AvgIpc) is 3.32. The van der Waals surface area contributed by atoms with Crippen LogP contribution in [-0.2, 0) is 0 Å². The molecule has 0 fully saturated rings. The van der Waals surface area contributed by atoms with E-state index in [0.29, 0.717) is 16.3 Å². The highest BCUT2D eigenvalue weighted by atomic mass is 16.2. The number of nitrogens with one attached hydrogen (secondary N) is 2. The number of nitrogens with zero attached hydrogens (tertiary/aromatic N) is 3. The molecule has 0 spiro atoms. The van der Waals surface area contributed by atoms with E-state index in [1.807, 2.05) is 55.1 Å². The molecule has 2 aromatic heterocycles. The van der Waals surface area contributed by atoms with E-state index in [-0.39, 0.29) is 17.3 Å². The largest absolute Gasteiger partial charge is 0.324 e. The Hall–Kier alpha value is -4.20. The number of rotatable bonds is 4. The predicted octanol–water partition coefficient (Wildman–Crippen LogP) is 2.84. The summed E-state index contributed by atoms with van der Waals surface area (Å²) in [6.07, 6.45) is 3.81. The number of fused-ring (bicyclic) bond motifs is 1. The molecule has 2 aromatic carbocycles. The van der Waals surface area contributed by atoms with Crippen molar-refractivity contribution in [3.63, 3.8) is 0 Å². The standard InChI is InChI=1S/C23H21N5O3/c1-15(2)28-23(31)19-8-4-3-7-18(19)20(26-28)22(30)25-24-21(29)16-9-11-17(12-10-16)27-13-5-6-14-27/h3-15H,1-2H3,(H,24,29)(H,25,30). The van der Waals surface area contributed by atoms with Crippen molar-refractivity contribution in [1.82, 2.24) is 25.2 Å². The molecule has 156 valence electrons. The van der Waals surface area contributed by atoms with E-state index in [0.717, 1.165) is 5.69 Å². The van der Waals surface area contributed by atoms with Gasteiger partial charge >= 0.3 is 0 Å². The fourth-order valence-corrected chi connectivity index (χ4v) is 3.26. The third-order valence-electron chi connectivity index (χ3n) is 4.85. The van der Waals surface area contributed by atoms with Gasteiger partial charge in [0.2, 0.25) is 0 Å². The molecule has 0 atom stereocenters. The van der Waals surface area contributed by atoms with Gasteiger partial charge in [-0.2, -0.15) is 5.10 Å². The first-order chi connectivity index (χ1) is 15.0. The fourth-order valence-electron chi connectivity index (χ4n) is 3.26. The summed E-state index contributed by atoms with van der Waals surface area (Å²) in [7, 11) is 0. The number of amides is 2. The Morgan fingerprint density at radius 3 is 2.10 bits per heavy atom. The predicted molar refractivity (Wildman–Crippen MR) is 117 cm³/mol. The molecular formula is C23H21N5O3. The monoisotopic (exact) mass is 415 g/mol. The van der Waals surface area contributed by atoms with Crippen molar-refractivity contribution in [3.8, 4) is 5.69 Å². The van der Waals surface area contributed by atoms with Crippen LogP contribution in [0, 0.1) is 0 Å². The van der Waals surface area contributed by atoms with Gasteiger partial charge < -0.3 is 4.57 Å². The molecule has 0 aliphatic carbocycles. The van der Waals surface area contributed by atoms with Crippen LogP contribution in [0.25, 0.3) is 16.5 Å². The Bertz CT molecular complexity index is 1310. The lowest BCUT2D eigenvalue weighted by Gasteiger charge is -2.14. The van der Waals surface area contributed by atoms with Crippen LogP contribution in [0.15, 0.2) is 77.9 Å². The minimum Gasteiger partial charge on any atom is -0.324 e. The normalized spacial score (nSPS) is 10.9. The molecular weight excluding hydrogens is 394 g/mol. The minimum absolute atomic E-state index is 0.0622. The van der Waals surface area contributed by atoms with Crippen molar-refractivity contribution in [2.24, 2.45) is 0 Å². The van der Waals surface area contributed by atoms with E-state index in [9.17, 15) is 14.4 Å². The minimum atomic E-state index is -0.608. The maximum atomic E-state index is 12.8. The second kappa shape index (κ2) is 8.27. The first kappa shape index (κ1) is 20.1. The van der Waals surface area contributed by atoms with E-state index in [1.165, 1.54) is 4.68 Å². The molecule has 31 heavy (non-hydrogen) atoms. The zero-order chi connectivity index (χ0) is 22.0. The van der Waals surface area contributed by atoms with Gasteiger partial charge in [-0.15, -0.1) is 0 Å². The van der Waals surface area contributed by atoms with Crippen molar-refractivity contribution < 1.29 is 9.59 Å². The van der Waals surface area contributed by atoms with Gasteiger partial charge in [0.15, 0.2) is 5.69 Å². The first-order valence-corrected chi connectivity index (χ1v) is 9.81. The summed E-state index contributed by atoms with van der Waals surface area (Å²) < 4.78 is 3.18. The molecule has 0 unspecified atom stereocenters. The fraction of sp³-hybridized carbons (Fsp3) is 0.130. The second-order valence-electron chi connectivity index (χ2n) is 7.28. The highest BCUT2D eigenvalue weighted by Crippen LogP contribution is 2.15. The summed E-state index contributed by atoms with van der Waals surface area (Å²) in [4.78, 5) is 37.9. The van der Waals surface area contributed by atoms with E-state index < -0.39 is 11.8 Å². The smallest absolute Gasteiger partial charge is 0.290 e. The van der Waals surface area contributed by atoms with Crippen LogP contribution in [0.5, 0.6) is 0 Å². The quantitative estimate of drug-likeness (QED) is 0.501. The van der Waals surface area contributed by atoms with Crippen LogP contribution < -0.4 is 16.4 Å². The molecule has 0 aliphatic rings. The van der Waals surface area contributed by atoms with Gasteiger partial charge in [0.05, 0.1) is 11.4 Å². The number of carbonyl (C=O) groups is 2. The van der Waals surface area contributed by atoms with Crippen molar-refractivity contribution >= 4 is 22.6 Å². The van der Waals surface area contributed by atoms with Crippen LogP contribution in [0.2, 0.25) is 0 Å². The third-order valence-corrected chi connectivity index (χ3v) is 4.85. The lowest BCUT2D eigenvalue weighted by molar-refractivity contribution is 0.0843. The zero-order valence-electron chi connectivity index (χ0n) is 17.1. The van der Waals surface area contributed by atoms with E-state index in [2.05, 4.69) is 16.0 Å². The Labute approximate surface area is 178 Å². The first-order valence-electron chi connectivity index (χ1n) is 9.81. The number of benzene rings is 2. The second-order valence-corrected chi connectivity index (χ2v) is 7.28. The van der Waals surface area contributed by atoms with Gasteiger partial charge in [-0.1, -0.05) is 18.2 Å². The van der Waals surface area contributed by atoms with Gasteiger partial charge in [-0.25, -0.2) is 4.68 Å². The lowest BCUT2D eigenvalue weighted by atomic mass is 10.1. The van der Waals surface area contributed by atoms with Crippen LogP contribution in [-0.4, -0.2) is 26.2 Å². The molecule has 0 radical (unpaired) electrons. The van der Waals surface area contributed by atoms with E-state index >= 15 is 0 Å². The van der Waals surface area contributed by atoms with Crippen LogP contribution in [0.3, 0.4) is 0 Å². The average molecular weight is 415 g/mol. The van der Waals surface area contributed by atoms with E-state index in [1.54, 1.807) is 36.4 Å². The topological polar surface area (TPSA) is 98.0 Å². The molecule has 8 nitrogen and oxygen atoms in total. The number of hydrogen-bond donors (Lipinski definition) is 2. The highest BCUT2D eigenvalue weighted by molar-refractivity contribution is 6.06. The Balaban J connectivity index is 1.54. The molecule has 0 bridgehead atoms. The Morgan fingerprint density at radius 1 is 0.839 bits per heavy atom. The summed E-state index contributed by atoms with van der Waals surface area (Å²) in [5.74, 6) is -1.07. The van der Waals surface area contributed by atoms with Gasteiger partial charge in [0.25, 0.3) is 17.4 Å². The number of aromatic nitrogens is 3. The van der Waals surface area contributed by atoms with Crippen LogP contribution in [0.1, 0.15) is 40.7 Å². The zero-order valence-corrected chi connectivity index (χ0v) is 17.1. The highest BCUT2D eigenvalue weighted by Gasteiger charge is 2.18. The molecule has 2 heterocycles. The maximum Gasteiger partial charge on any atom is 0.290 e. The van der Waals surface area contributed by atoms with Crippen molar-refractivity contribution in [1.29, 1.82) is 0 Å². The van der Waals surface area contributed by atoms with Gasteiger partial charge in [-0.3, -0.25) is 25.2 Å². The van der Waals surface area contributed by atoms with Crippen LogP contribution in [0.4, 0.5) is 0 Å². The van der Waals surface area contributed by atoms with Crippen molar-refractivity contribution in [3.05, 3.63) is 94.7 Å². The van der Waals surface area contributed by atoms with Crippen molar-refractivity contribution in [2.75, 3.05) is 0 Å². The molecule has 2 amide bonds. The number of carbonyl (C=O) groups excluding carboxylic acids is 2. The molecule has 2 N–H and O–H groups in total. The molecule has 0 saturated carbocycles. The Morgan fingerprint density at radius 2 is 1.45 bits per heavy atom. The lowest BCUT2D eigenvalue weighted by Crippen LogP contribution is -2.43. The third kappa shape index (κ3) is 3.95. The molecule has 4 aromatic rings. The number of hydrogen-bond acceptors (Lipinski definition) is 4. The van der Waals surface area contributed by atoms with Gasteiger partial charge in [0, 0.05) is 29.0 Å². The van der Waals surface area contributed by atoms with Crippen LogP contribution >= 0.6 is 0 Å². The van der Waals surface area contributed by atoms with Crippen molar-refractivity contribution in [2.45, 2.75) is 19.9 Å². The molecule has 8 heteroatoms. The molecule has 0 saturated heterocycles. The maximum absolute atomic E-state index is 12.8. The summed E-state index contributed by atoms with van der Waals surface area (Å²) in [5.41, 5.74) is 5.90. The van der Waals surface area contributed by atoms with Gasteiger partial charge in [0.1, 0.15) is 0 Å². The molecule has 4 rings (SSSR count). The van der Waals surface area contributed by atoms with E-state index in [4.69, 9.17) is 0 Å². The summed E-state index contributed by atoms with van der Waals surface area (Å²) in [6.45, 7) is 3.62. The summed E-state index contributed by atoms with van der Waals surface area (Å²) >= 11 is 0. The summed E-state index contributed by atoms with van der Waals surface area (Å²) in [5, 5.41) is 5.04. The summed E-state index contributed by atoms with van der Waals surface area (Å²) in [6, 6.07) is 17.3. The Kier molecular flexibility index (Phi) is 5.36. The molecule has 0 aliphatic heterocycles. The number of hydrazine groups is 1.